The second kappa shape index (κ2) is 4.01. The zero-order valence-electron chi connectivity index (χ0n) is 8.95. The molecule has 0 aromatic heterocycles. The number of aliphatic carboxylic acids is 1. The third-order valence-corrected chi connectivity index (χ3v) is 6.63. The molecular weight excluding hydrogens is 374 g/mol. The number of ether oxygens (including phenoxy) is 1. The minimum absolute atomic E-state index is 0.0368. The molecule has 18 heavy (non-hydrogen) atoms. The number of imide groups is 1. The third kappa shape index (κ3) is 1.45. The molecule has 1 N–H and O–H groups in total. The lowest BCUT2D eigenvalue weighted by molar-refractivity contribution is -0.151. The van der Waals surface area contributed by atoms with Crippen LogP contribution in [0.2, 0.25) is 0 Å². The van der Waals surface area contributed by atoms with Crippen LogP contribution in [0.1, 0.15) is 0 Å². The van der Waals surface area contributed by atoms with Crippen molar-refractivity contribution in [1.29, 1.82) is 0 Å². The highest BCUT2D eigenvalue weighted by Crippen LogP contribution is 2.52. The third-order valence-electron chi connectivity index (χ3n) is 3.74. The Morgan fingerprint density at radius 2 is 1.61 bits per heavy atom. The lowest BCUT2D eigenvalue weighted by Crippen LogP contribution is -2.42. The van der Waals surface area contributed by atoms with Crippen molar-refractivity contribution in [3.63, 3.8) is 0 Å². The Hall–Kier alpha value is -0.470. The maximum Gasteiger partial charge on any atom is 0.323 e. The van der Waals surface area contributed by atoms with Gasteiger partial charge in [-0.1, -0.05) is 31.9 Å². The molecule has 2 bridgehead atoms. The van der Waals surface area contributed by atoms with Crippen molar-refractivity contribution in [2.24, 2.45) is 11.8 Å². The molecule has 0 aromatic rings. The number of likely N-dealkylation sites (tertiary alicyclic amines) is 1. The molecule has 0 unspecified atom stereocenters. The molecule has 3 fully saturated rings. The van der Waals surface area contributed by atoms with E-state index in [1.165, 1.54) is 0 Å². The van der Waals surface area contributed by atoms with E-state index in [0.29, 0.717) is 0 Å². The van der Waals surface area contributed by atoms with Crippen molar-refractivity contribution in [1.82, 2.24) is 4.90 Å². The normalized spacial score (nSPS) is 45.8. The van der Waals surface area contributed by atoms with E-state index >= 15 is 0 Å². The van der Waals surface area contributed by atoms with Gasteiger partial charge in [-0.25, -0.2) is 0 Å². The summed E-state index contributed by atoms with van der Waals surface area (Å²) in [7, 11) is 0. The average Bonchev–Trinajstić information content (AvgIpc) is 2.88. The van der Waals surface area contributed by atoms with Crippen LogP contribution in [0.25, 0.3) is 0 Å². The highest BCUT2D eigenvalue weighted by molar-refractivity contribution is 9.12. The van der Waals surface area contributed by atoms with E-state index in [1.54, 1.807) is 0 Å². The monoisotopic (exact) mass is 381 g/mol. The average molecular weight is 383 g/mol. The first-order valence-electron chi connectivity index (χ1n) is 5.44. The standard InChI is InChI=1S/C10H9Br2NO5/c11-5-6(12)8-4-3(7(5)18-8)9(16)13(10(4)17)1-2(14)15/h3-8H,1H2,(H,14,15)/t3-,4-,5+,6+,7+,8+/m0/s1. The lowest BCUT2D eigenvalue weighted by Gasteiger charge is -2.24. The summed E-state index contributed by atoms with van der Waals surface area (Å²) in [5.41, 5.74) is 0. The van der Waals surface area contributed by atoms with E-state index in [1.807, 2.05) is 0 Å². The predicted octanol–water partition coefficient (Wildman–Crippen LogP) is -0.0198. The minimum atomic E-state index is -1.18. The molecule has 0 aliphatic carbocycles. The molecule has 2 amide bonds. The van der Waals surface area contributed by atoms with Crippen LogP contribution in [0.4, 0.5) is 0 Å². The summed E-state index contributed by atoms with van der Waals surface area (Å²) in [5, 5.41) is 8.73. The molecule has 0 aromatic carbocycles. The molecule has 0 radical (unpaired) electrons. The number of halogens is 2. The van der Waals surface area contributed by atoms with Crippen LogP contribution in [0.3, 0.4) is 0 Å². The van der Waals surface area contributed by atoms with E-state index in [9.17, 15) is 14.4 Å². The molecule has 98 valence electrons. The van der Waals surface area contributed by atoms with Crippen molar-refractivity contribution in [3.8, 4) is 0 Å². The molecule has 3 aliphatic heterocycles. The van der Waals surface area contributed by atoms with Crippen LogP contribution < -0.4 is 0 Å². The highest BCUT2D eigenvalue weighted by Gasteiger charge is 2.68. The lowest BCUT2D eigenvalue weighted by atomic mass is 9.81. The summed E-state index contributed by atoms with van der Waals surface area (Å²) in [6.45, 7) is -0.565. The fraction of sp³-hybridized carbons (Fsp3) is 0.700. The number of amides is 2. The Bertz CT molecular complexity index is 424. The van der Waals surface area contributed by atoms with Crippen LogP contribution in [0.15, 0.2) is 0 Å². The molecule has 6 nitrogen and oxygen atoms in total. The van der Waals surface area contributed by atoms with Gasteiger partial charge in [0, 0.05) is 0 Å². The summed E-state index contributed by atoms with van der Waals surface area (Å²) in [5.74, 6) is -3.12. The number of carbonyl (C=O) groups is 3. The van der Waals surface area contributed by atoms with E-state index in [-0.39, 0.29) is 21.9 Å². The Morgan fingerprint density at radius 3 is 2.00 bits per heavy atom. The Kier molecular flexibility index (Phi) is 2.80. The minimum Gasteiger partial charge on any atom is -0.480 e. The summed E-state index contributed by atoms with van der Waals surface area (Å²) in [6.07, 6.45) is -0.723. The first-order valence-corrected chi connectivity index (χ1v) is 7.27. The molecule has 3 rings (SSSR count). The number of carbonyl (C=O) groups excluding carboxylic acids is 2. The van der Waals surface area contributed by atoms with Crippen LogP contribution in [0, 0.1) is 11.8 Å². The Balaban J connectivity index is 1.92. The van der Waals surface area contributed by atoms with Crippen LogP contribution in [-0.4, -0.2) is 56.2 Å². The maximum atomic E-state index is 12.1. The number of hydrogen-bond donors (Lipinski definition) is 1. The summed E-state index contributed by atoms with van der Waals surface area (Å²) in [4.78, 5) is 35.6. The first kappa shape index (κ1) is 12.6. The summed E-state index contributed by atoms with van der Waals surface area (Å²) < 4.78 is 5.65. The van der Waals surface area contributed by atoms with Gasteiger partial charge in [-0.2, -0.15) is 0 Å². The molecule has 6 atom stereocenters. The van der Waals surface area contributed by atoms with Crippen LogP contribution in [0.5, 0.6) is 0 Å². The van der Waals surface area contributed by atoms with E-state index in [4.69, 9.17) is 9.84 Å². The van der Waals surface area contributed by atoms with Gasteiger partial charge in [0.05, 0.1) is 33.7 Å². The number of alkyl halides is 2. The predicted molar refractivity (Wildman–Crippen MR) is 65.4 cm³/mol. The SMILES string of the molecule is O=C(O)CN1C(=O)[C@@H]2[C@H]3O[C@@H]([C@H](Br)[C@H]3Br)[C@H]2C1=O. The Morgan fingerprint density at radius 1 is 1.17 bits per heavy atom. The molecule has 0 spiro atoms. The number of fused-ring (bicyclic) bond motifs is 5. The van der Waals surface area contributed by atoms with Gasteiger partial charge in [0.15, 0.2) is 0 Å². The zero-order valence-corrected chi connectivity index (χ0v) is 12.1. The quantitative estimate of drug-likeness (QED) is 0.536. The number of hydrogen-bond acceptors (Lipinski definition) is 4. The highest BCUT2D eigenvalue weighted by atomic mass is 79.9. The van der Waals surface area contributed by atoms with E-state index in [2.05, 4.69) is 31.9 Å². The van der Waals surface area contributed by atoms with Gasteiger partial charge in [-0.15, -0.1) is 0 Å². The second-order valence-electron chi connectivity index (χ2n) is 4.66. The van der Waals surface area contributed by atoms with Gasteiger partial charge in [0.25, 0.3) is 0 Å². The first-order chi connectivity index (χ1) is 8.43. The van der Waals surface area contributed by atoms with Gasteiger partial charge in [-0.05, 0) is 0 Å². The van der Waals surface area contributed by atoms with Crippen molar-refractivity contribution in [2.45, 2.75) is 21.9 Å². The molecule has 0 saturated carbocycles. The van der Waals surface area contributed by atoms with Gasteiger partial charge < -0.3 is 9.84 Å². The second-order valence-corrected chi connectivity index (χ2v) is 6.78. The van der Waals surface area contributed by atoms with Crippen molar-refractivity contribution < 1.29 is 24.2 Å². The number of nitrogens with zero attached hydrogens (tertiary/aromatic N) is 1. The number of rotatable bonds is 2. The largest absolute Gasteiger partial charge is 0.480 e. The Labute approximate surface area is 119 Å². The van der Waals surface area contributed by atoms with Crippen LogP contribution >= 0.6 is 31.9 Å². The number of carboxylic acids is 1. The van der Waals surface area contributed by atoms with E-state index in [0.717, 1.165) is 4.90 Å². The van der Waals surface area contributed by atoms with Gasteiger partial charge in [-0.3, -0.25) is 19.3 Å². The zero-order chi connectivity index (χ0) is 13.2. The molecule has 3 heterocycles. The fourth-order valence-corrected chi connectivity index (χ4v) is 4.52. The maximum absolute atomic E-state index is 12.1. The molecule has 3 saturated heterocycles. The topological polar surface area (TPSA) is 83.9 Å². The van der Waals surface area contributed by atoms with Crippen molar-refractivity contribution >= 4 is 49.6 Å². The van der Waals surface area contributed by atoms with Gasteiger partial charge in [0.2, 0.25) is 11.8 Å². The summed E-state index contributed by atoms with van der Waals surface area (Å²) >= 11 is 6.89. The molecule has 3 aliphatic rings. The fourth-order valence-electron chi connectivity index (χ4n) is 3.02. The van der Waals surface area contributed by atoms with E-state index < -0.39 is 36.2 Å². The summed E-state index contributed by atoms with van der Waals surface area (Å²) in [6, 6.07) is 0. The molecular formula is C10H9Br2NO5. The van der Waals surface area contributed by atoms with Crippen molar-refractivity contribution in [3.05, 3.63) is 0 Å². The smallest absolute Gasteiger partial charge is 0.323 e. The van der Waals surface area contributed by atoms with Gasteiger partial charge in [0.1, 0.15) is 6.54 Å². The van der Waals surface area contributed by atoms with Gasteiger partial charge >= 0.3 is 5.97 Å². The number of carboxylic acid groups (broad SMARTS) is 1. The van der Waals surface area contributed by atoms with Crippen LogP contribution in [-0.2, 0) is 19.1 Å². The van der Waals surface area contributed by atoms with Crippen molar-refractivity contribution in [2.75, 3.05) is 6.54 Å². The molecule has 8 heteroatoms.